The maximum atomic E-state index is 12.1. The van der Waals surface area contributed by atoms with Gasteiger partial charge in [0.05, 0.1) is 11.1 Å². The summed E-state index contributed by atoms with van der Waals surface area (Å²) in [6, 6.07) is 9.44. The molecule has 2 rings (SSSR count). The first-order valence-electron chi connectivity index (χ1n) is 7.70. The molecule has 0 atom stereocenters. The third-order valence-corrected chi connectivity index (χ3v) is 3.88. The second-order valence-corrected chi connectivity index (χ2v) is 7.08. The van der Waals surface area contributed by atoms with Crippen molar-refractivity contribution in [1.29, 1.82) is 0 Å². The zero-order valence-corrected chi connectivity index (χ0v) is 15.2. The fourth-order valence-corrected chi connectivity index (χ4v) is 2.41. The molecule has 26 heavy (non-hydrogen) atoms. The minimum Gasteiger partial charge on any atom is -0.502 e. The molecule has 8 heteroatoms. The molecule has 0 saturated heterocycles. The highest BCUT2D eigenvalue weighted by Crippen LogP contribution is 2.32. The predicted molar refractivity (Wildman–Crippen MR) is 100.0 cm³/mol. The molecule has 7 nitrogen and oxygen atoms in total. The molecular weight excluding hydrogens is 358 g/mol. The van der Waals surface area contributed by atoms with Gasteiger partial charge in [-0.2, -0.15) is 5.10 Å². The van der Waals surface area contributed by atoms with Crippen molar-refractivity contribution in [2.75, 3.05) is 0 Å². The monoisotopic (exact) mass is 375 g/mol. The summed E-state index contributed by atoms with van der Waals surface area (Å²) in [5, 5.41) is 24.5. The van der Waals surface area contributed by atoms with Crippen LogP contribution in [0.4, 0.5) is 5.69 Å². The van der Waals surface area contributed by atoms with E-state index in [1.807, 2.05) is 12.1 Å². The van der Waals surface area contributed by atoms with E-state index in [9.17, 15) is 20.0 Å². The van der Waals surface area contributed by atoms with Crippen molar-refractivity contribution < 1.29 is 14.8 Å². The van der Waals surface area contributed by atoms with Gasteiger partial charge in [0, 0.05) is 22.2 Å². The van der Waals surface area contributed by atoms with Crippen molar-refractivity contribution in [3.8, 4) is 5.75 Å². The van der Waals surface area contributed by atoms with Crippen LogP contribution in [0.25, 0.3) is 0 Å². The second-order valence-electron chi connectivity index (χ2n) is 6.65. The minimum absolute atomic E-state index is 0.0209. The predicted octanol–water partition coefficient (Wildman–Crippen LogP) is 4.02. The van der Waals surface area contributed by atoms with Crippen LogP contribution in [0.15, 0.2) is 41.5 Å². The first-order valence-corrected chi connectivity index (χ1v) is 8.08. The van der Waals surface area contributed by atoms with Gasteiger partial charge in [-0.3, -0.25) is 14.9 Å². The van der Waals surface area contributed by atoms with E-state index in [2.05, 4.69) is 31.3 Å². The topological polar surface area (TPSA) is 105 Å². The number of nitro groups is 1. The van der Waals surface area contributed by atoms with E-state index < -0.39 is 22.3 Å². The van der Waals surface area contributed by atoms with Crippen LogP contribution >= 0.6 is 11.6 Å². The molecule has 0 aliphatic carbocycles. The lowest BCUT2D eigenvalue weighted by Gasteiger charge is -2.18. The summed E-state index contributed by atoms with van der Waals surface area (Å²) in [7, 11) is 0. The molecule has 1 amide bonds. The average molecular weight is 376 g/mol. The molecule has 0 fully saturated rings. The maximum Gasteiger partial charge on any atom is 0.312 e. The average Bonchev–Trinajstić information content (AvgIpc) is 2.56. The van der Waals surface area contributed by atoms with E-state index in [-0.39, 0.29) is 16.0 Å². The number of nitrogens with one attached hydrogen (secondary N) is 1. The third kappa shape index (κ3) is 4.58. The Bertz CT molecular complexity index is 871. The molecule has 0 radical (unpaired) electrons. The van der Waals surface area contributed by atoms with Gasteiger partial charge < -0.3 is 5.11 Å². The van der Waals surface area contributed by atoms with Gasteiger partial charge in [0.2, 0.25) is 5.75 Å². The Hall–Kier alpha value is -2.93. The van der Waals surface area contributed by atoms with Crippen LogP contribution in [0.2, 0.25) is 5.02 Å². The highest BCUT2D eigenvalue weighted by Gasteiger charge is 2.18. The highest BCUT2D eigenvalue weighted by atomic mass is 35.5. The van der Waals surface area contributed by atoms with Crippen LogP contribution in [-0.4, -0.2) is 22.2 Å². The number of benzene rings is 2. The summed E-state index contributed by atoms with van der Waals surface area (Å²) < 4.78 is 0. The fraction of sp³-hybridized carbons (Fsp3) is 0.222. The zero-order chi connectivity index (χ0) is 19.5. The number of hydrogen-bond donors (Lipinski definition) is 2. The zero-order valence-electron chi connectivity index (χ0n) is 14.5. The van der Waals surface area contributed by atoms with Crippen LogP contribution in [0.5, 0.6) is 5.75 Å². The number of nitro benzene ring substituents is 1. The van der Waals surface area contributed by atoms with Crippen LogP contribution in [0.3, 0.4) is 0 Å². The summed E-state index contributed by atoms with van der Waals surface area (Å²) in [5.74, 6) is -1.02. The first kappa shape index (κ1) is 19.4. The van der Waals surface area contributed by atoms with E-state index in [1.54, 1.807) is 12.1 Å². The summed E-state index contributed by atoms with van der Waals surface area (Å²) in [4.78, 5) is 22.2. The normalized spacial score (nSPS) is 11.5. The Labute approximate surface area is 155 Å². The molecule has 136 valence electrons. The Kier molecular flexibility index (Phi) is 5.62. The van der Waals surface area contributed by atoms with Crippen molar-refractivity contribution in [3.05, 3.63) is 68.2 Å². The fourth-order valence-electron chi connectivity index (χ4n) is 2.19. The van der Waals surface area contributed by atoms with Crippen molar-refractivity contribution in [3.63, 3.8) is 0 Å². The minimum atomic E-state index is -0.756. The number of carbonyl (C=O) groups excluding carboxylic acids is 1. The quantitative estimate of drug-likeness (QED) is 0.478. The molecule has 0 aliphatic rings. The van der Waals surface area contributed by atoms with Gasteiger partial charge in [0.15, 0.2) is 0 Å². The van der Waals surface area contributed by atoms with Gasteiger partial charge in [-0.25, -0.2) is 5.43 Å². The lowest BCUT2D eigenvalue weighted by atomic mass is 9.87. The van der Waals surface area contributed by atoms with Crippen LogP contribution < -0.4 is 5.43 Å². The number of rotatable bonds is 4. The number of hydrazone groups is 1. The Morgan fingerprint density at radius 3 is 2.42 bits per heavy atom. The number of hydrogen-bond acceptors (Lipinski definition) is 5. The second kappa shape index (κ2) is 7.53. The summed E-state index contributed by atoms with van der Waals surface area (Å²) in [5.41, 5.74) is 3.27. The van der Waals surface area contributed by atoms with Gasteiger partial charge in [-0.05, 0) is 29.2 Å². The number of aromatic hydroxyl groups is 1. The van der Waals surface area contributed by atoms with Crippen LogP contribution in [0.1, 0.15) is 42.3 Å². The van der Waals surface area contributed by atoms with Gasteiger partial charge in [-0.1, -0.05) is 44.5 Å². The molecule has 0 aromatic heterocycles. The molecule has 0 bridgehead atoms. The van der Waals surface area contributed by atoms with Crippen LogP contribution in [0, 0.1) is 10.1 Å². The maximum absolute atomic E-state index is 12.1. The summed E-state index contributed by atoms with van der Waals surface area (Å²) in [6.45, 7) is 6.22. The molecule has 0 heterocycles. The lowest BCUT2D eigenvalue weighted by molar-refractivity contribution is -0.385. The number of nitrogens with zero attached hydrogens (tertiary/aromatic N) is 2. The molecule has 0 spiro atoms. The SMILES string of the molecule is CC(C)(C)c1ccc(C(=O)N/N=C/c2cc(Cl)cc([N+](=O)[O-])c2O)cc1. The summed E-state index contributed by atoms with van der Waals surface area (Å²) >= 11 is 5.79. The Balaban J connectivity index is 2.13. The number of phenols is 1. The first-order chi connectivity index (χ1) is 12.1. The molecule has 0 aliphatic heterocycles. The van der Waals surface area contributed by atoms with Gasteiger partial charge >= 0.3 is 5.69 Å². The van der Waals surface area contributed by atoms with E-state index in [0.717, 1.165) is 17.8 Å². The highest BCUT2D eigenvalue weighted by molar-refractivity contribution is 6.31. The standard InChI is InChI=1S/C18H18ClN3O4/c1-18(2,3)13-6-4-11(5-7-13)17(24)21-20-10-12-8-14(19)9-15(16(12)23)22(25)26/h4-10,23H,1-3H3,(H,21,24)/b20-10+. The number of amides is 1. The molecule has 0 saturated carbocycles. The molecule has 2 aromatic rings. The van der Waals surface area contributed by atoms with Crippen molar-refractivity contribution in [1.82, 2.24) is 5.43 Å². The molecular formula is C18H18ClN3O4. The number of halogens is 1. The molecule has 2 N–H and O–H groups in total. The van der Waals surface area contributed by atoms with E-state index >= 15 is 0 Å². The summed E-state index contributed by atoms with van der Waals surface area (Å²) in [6.07, 6.45) is 1.09. The number of carbonyl (C=O) groups is 1. The van der Waals surface area contributed by atoms with Crippen molar-refractivity contribution in [2.45, 2.75) is 26.2 Å². The van der Waals surface area contributed by atoms with Gasteiger partial charge in [0.1, 0.15) is 0 Å². The van der Waals surface area contributed by atoms with E-state index in [1.165, 1.54) is 6.07 Å². The Morgan fingerprint density at radius 2 is 1.88 bits per heavy atom. The molecule has 2 aromatic carbocycles. The van der Waals surface area contributed by atoms with E-state index in [0.29, 0.717) is 5.56 Å². The van der Waals surface area contributed by atoms with Crippen LogP contribution in [-0.2, 0) is 5.41 Å². The Morgan fingerprint density at radius 1 is 1.27 bits per heavy atom. The van der Waals surface area contributed by atoms with Gasteiger partial charge in [0.25, 0.3) is 5.91 Å². The third-order valence-electron chi connectivity index (χ3n) is 3.66. The van der Waals surface area contributed by atoms with Gasteiger partial charge in [-0.15, -0.1) is 0 Å². The smallest absolute Gasteiger partial charge is 0.312 e. The molecule has 0 unspecified atom stereocenters. The van der Waals surface area contributed by atoms with Crippen molar-refractivity contribution in [2.24, 2.45) is 5.10 Å². The largest absolute Gasteiger partial charge is 0.502 e. The lowest BCUT2D eigenvalue weighted by Crippen LogP contribution is -2.18. The van der Waals surface area contributed by atoms with E-state index in [4.69, 9.17) is 11.6 Å². The van der Waals surface area contributed by atoms with Crippen molar-refractivity contribution >= 4 is 29.4 Å². The number of phenolic OH excluding ortho intramolecular Hbond substituents is 1.